The molecule has 0 spiro atoms. The molecule has 0 aliphatic carbocycles. The summed E-state index contributed by atoms with van der Waals surface area (Å²) in [5, 5.41) is 15.6. The molecule has 1 rings (SSSR count). The molecular formula is C10H18N4O2. The molecule has 0 aromatic carbocycles. The first-order valence-corrected chi connectivity index (χ1v) is 5.20. The number of nitrogens with one attached hydrogen (secondary N) is 1. The number of nitrogens with zero attached hydrogens (tertiary/aromatic N) is 2. The number of aliphatic hydroxyl groups excluding tert-OH is 1. The molecule has 90 valence electrons. The maximum atomic E-state index is 11.6. The summed E-state index contributed by atoms with van der Waals surface area (Å²) in [7, 11) is 1.77. The van der Waals surface area contributed by atoms with E-state index in [-0.39, 0.29) is 5.91 Å². The zero-order valence-electron chi connectivity index (χ0n) is 9.55. The van der Waals surface area contributed by atoms with Gasteiger partial charge in [0.15, 0.2) is 0 Å². The van der Waals surface area contributed by atoms with Crippen molar-refractivity contribution in [3.63, 3.8) is 0 Å². The van der Waals surface area contributed by atoms with Crippen molar-refractivity contribution >= 4 is 5.91 Å². The highest BCUT2D eigenvalue weighted by Gasteiger charge is 2.16. The molecule has 6 nitrogen and oxygen atoms in total. The van der Waals surface area contributed by atoms with Crippen molar-refractivity contribution in [2.24, 2.45) is 12.8 Å². The molecule has 6 heteroatoms. The number of carbonyl (C=O) groups excluding carboxylic acids is 1. The van der Waals surface area contributed by atoms with E-state index in [4.69, 9.17) is 10.8 Å². The highest BCUT2D eigenvalue weighted by Crippen LogP contribution is 2.08. The van der Waals surface area contributed by atoms with Crippen LogP contribution in [0, 0.1) is 0 Å². The number of aromatic nitrogens is 2. The molecule has 0 fully saturated rings. The van der Waals surface area contributed by atoms with Crippen molar-refractivity contribution < 1.29 is 9.90 Å². The maximum Gasteiger partial charge on any atom is 0.241 e. The molecule has 1 amide bonds. The predicted octanol–water partition coefficient (Wildman–Crippen LogP) is -0.693. The van der Waals surface area contributed by atoms with E-state index in [2.05, 4.69) is 10.4 Å². The van der Waals surface area contributed by atoms with E-state index in [1.165, 1.54) is 0 Å². The normalized spacial score (nSPS) is 14.5. The SMILES string of the molecule is CC(O)CCNC(=O)C(N)c1cnn(C)c1. The van der Waals surface area contributed by atoms with Crippen LogP contribution in [0.4, 0.5) is 0 Å². The Morgan fingerprint density at radius 1 is 1.75 bits per heavy atom. The Kier molecular flexibility index (Phi) is 4.45. The van der Waals surface area contributed by atoms with Gasteiger partial charge in [0.05, 0.1) is 12.3 Å². The molecule has 1 aromatic rings. The molecule has 1 aromatic heterocycles. The summed E-state index contributed by atoms with van der Waals surface area (Å²) in [6.07, 6.45) is 3.37. The Labute approximate surface area is 94.4 Å². The van der Waals surface area contributed by atoms with Gasteiger partial charge in [-0.25, -0.2) is 0 Å². The molecule has 0 bridgehead atoms. The van der Waals surface area contributed by atoms with Gasteiger partial charge in [0.25, 0.3) is 0 Å². The molecule has 0 aliphatic rings. The Morgan fingerprint density at radius 2 is 2.44 bits per heavy atom. The third-order valence-electron chi connectivity index (χ3n) is 2.23. The van der Waals surface area contributed by atoms with Crippen molar-refractivity contribution in [3.05, 3.63) is 18.0 Å². The highest BCUT2D eigenvalue weighted by atomic mass is 16.3. The minimum Gasteiger partial charge on any atom is -0.393 e. The van der Waals surface area contributed by atoms with Crippen molar-refractivity contribution in [2.45, 2.75) is 25.5 Å². The smallest absolute Gasteiger partial charge is 0.241 e. The third-order valence-corrected chi connectivity index (χ3v) is 2.23. The van der Waals surface area contributed by atoms with Gasteiger partial charge in [0, 0.05) is 25.4 Å². The van der Waals surface area contributed by atoms with E-state index in [0.717, 1.165) is 0 Å². The van der Waals surface area contributed by atoms with Crippen LogP contribution in [-0.2, 0) is 11.8 Å². The van der Waals surface area contributed by atoms with Gasteiger partial charge < -0.3 is 16.2 Å². The lowest BCUT2D eigenvalue weighted by molar-refractivity contribution is -0.122. The van der Waals surface area contributed by atoms with E-state index < -0.39 is 12.1 Å². The summed E-state index contributed by atoms with van der Waals surface area (Å²) >= 11 is 0. The lowest BCUT2D eigenvalue weighted by atomic mass is 10.1. The summed E-state index contributed by atoms with van der Waals surface area (Å²) in [5.41, 5.74) is 6.42. The van der Waals surface area contributed by atoms with E-state index in [0.29, 0.717) is 18.5 Å². The fourth-order valence-corrected chi connectivity index (χ4v) is 1.27. The first-order chi connectivity index (χ1) is 7.50. The van der Waals surface area contributed by atoms with Crippen LogP contribution in [0.2, 0.25) is 0 Å². The van der Waals surface area contributed by atoms with E-state index >= 15 is 0 Å². The molecule has 2 unspecified atom stereocenters. The van der Waals surface area contributed by atoms with Crippen molar-refractivity contribution in [1.29, 1.82) is 0 Å². The number of aryl methyl sites for hydroxylation is 1. The van der Waals surface area contributed by atoms with E-state index in [1.54, 1.807) is 31.0 Å². The van der Waals surface area contributed by atoms with Gasteiger partial charge >= 0.3 is 0 Å². The fraction of sp³-hybridized carbons (Fsp3) is 0.600. The fourth-order valence-electron chi connectivity index (χ4n) is 1.27. The van der Waals surface area contributed by atoms with Gasteiger partial charge in [-0.15, -0.1) is 0 Å². The molecule has 16 heavy (non-hydrogen) atoms. The van der Waals surface area contributed by atoms with E-state index in [1.807, 2.05) is 0 Å². The molecule has 0 radical (unpaired) electrons. The third kappa shape index (κ3) is 3.63. The van der Waals surface area contributed by atoms with Crippen LogP contribution in [0.5, 0.6) is 0 Å². The molecule has 1 heterocycles. The summed E-state index contributed by atoms with van der Waals surface area (Å²) in [6.45, 7) is 2.09. The number of rotatable bonds is 5. The Balaban J connectivity index is 2.42. The standard InChI is InChI=1S/C10H18N4O2/c1-7(15)3-4-12-10(16)9(11)8-5-13-14(2)6-8/h5-7,9,15H,3-4,11H2,1-2H3,(H,12,16). The van der Waals surface area contributed by atoms with Gasteiger partial charge in [-0.05, 0) is 13.3 Å². The quantitative estimate of drug-likeness (QED) is 0.619. The molecule has 0 aliphatic heterocycles. The minimum absolute atomic E-state index is 0.256. The van der Waals surface area contributed by atoms with Crippen LogP contribution in [0.1, 0.15) is 24.9 Å². The van der Waals surface area contributed by atoms with E-state index in [9.17, 15) is 4.79 Å². The van der Waals surface area contributed by atoms with Gasteiger partial charge in [0.2, 0.25) is 5.91 Å². The zero-order valence-corrected chi connectivity index (χ0v) is 9.55. The predicted molar refractivity (Wildman–Crippen MR) is 59.4 cm³/mol. The molecule has 4 N–H and O–H groups in total. The van der Waals surface area contributed by atoms with Gasteiger partial charge in [-0.2, -0.15) is 5.10 Å². The Hall–Kier alpha value is -1.40. The second-order valence-electron chi connectivity index (χ2n) is 3.85. The second-order valence-corrected chi connectivity index (χ2v) is 3.85. The number of amides is 1. The van der Waals surface area contributed by atoms with Crippen LogP contribution < -0.4 is 11.1 Å². The largest absolute Gasteiger partial charge is 0.393 e. The number of hydrogen-bond donors (Lipinski definition) is 3. The van der Waals surface area contributed by atoms with Crippen LogP contribution in [0.25, 0.3) is 0 Å². The molecular weight excluding hydrogens is 208 g/mol. The molecule has 2 atom stereocenters. The van der Waals surface area contributed by atoms with Crippen molar-refractivity contribution in [2.75, 3.05) is 6.54 Å². The Morgan fingerprint density at radius 3 is 2.94 bits per heavy atom. The summed E-state index contributed by atoms with van der Waals surface area (Å²) in [4.78, 5) is 11.6. The second kappa shape index (κ2) is 5.62. The van der Waals surface area contributed by atoms with Gasteiger partial charge in [0.1, 0.15) is 6.04 Å². The summed E-state index contributed by atoms with van der Waals surface area (Å²) < 4.78 is 1.60. The van der Waals surface area contributed by atoms with Crippen molar-refractivity contribution in [1.82, 2.24) is 15.1 Å². The minimum atomic E-state index is -0.706. The average molecular weight is 226 g/mol. The van der Waals surface area contributed by atoms with Gasteiger partial charge in [-0.3, -0.25) is 9.48 Å². The monoisotopic (exact) mass is 226 g/mol. The van der Waals surface area contributed by atoms with Crippen LogP contribution in [0.15, 0.2) is 12.4 Å². The topological polar surface area (TPSA) is 93.2 Å². The average Bonchev–Trinajstić information content (AvgIpc) is 2.63. The highest BCUT2D eigenvalue weighted by molar-refractivity contribution is 5.82. The number of aliphatic hydroxyl groups is 1. The lowest BCUT2D eigenvalue weighted by Gasteiger charge is -2.11. The number of hydrogen-bond acceptors (Lipinski definition) is 4. The molecule has 0 saturated carbocycles. The Bertz CT molecular complexity index is 348. The van der Waals surface area contributed by atoms with Crippen LogP contribution >= 0.6 is 0 Å². The van der Waals surface area contributed by atoms with Gasteiger partial charge in [-0.1, -0.05) is 0 Å². The first-order valence-electron chi connectivity index (χ1n) is 5.20. The summed E-state index contributed by atoms with van der Waals surface area (Å²) in [5.74, 6) is -0.256. The summed E-state index contributed by atoms with van der Waals surface area (Å²) in [6, 6.07) is -0.706. The first kappa shape index (κ1) is 12.7. The molecule has 0 saturated heterocycles. The number of carbonyl (C=O) groups is 1. The van der Waals surface area contributed by atoms with Crippen LogP contribution in [0.3, 0.4) is 0 Å². The number of nitrogens with two attached hydrogens (primary N) is 1. The van der Waals surface area contributed by atoms with Crippen molar-refractivity contribution in [3.8, 4) is 0 Å². The van der Waals surface area contributed by atoms with Crippen LogP contribution in [-0.4, -0.2) is 33.4 Å². The maximum absolute atomic E-state index is 11.6. The lowest BCUT2D eigenvalue weighted by Crippen LogP contribution is -2.35. The zero-order chi connectivity index (χ0) is 12.1.